The van der Waals surface area contributed by atoms with Crippen molar-refractivity contribution in [2.24, 2.45) is 5.41 Å². The Hall–Kier alpha value is -0.0800. The van der Waals surface area contributed by atoms with Gasteiger partial charge in [0.2, 0.25) is 0 Å². The summed E-state index contributed by atoms with van der Waals surface area (Å²) in [6.45, 7) is 7.45. The second-order valence-corrected chi connectivity index (χ2v) is 6.18. The normalized spacial score (nSPS) is 37.0. The Labute approximate surface area is 94.4 Å². The van der Waals surface area contributed by atoms with Gasteiger partial charge in [-0.25, -0.2) is 0 Å². The Morgan fingerprint density at radius 1 is 1.27 bits per heavy atom. The van der Waals surface area contributed by atoms with Crippen LogP contribution in [0.4, 0.5) is 0 Å². The standard InChI is InChI=1S/C13H26N2/c1-13(2)7-6-12(9-13)15-8-4-5-11(10-15)14-3/h11-12,14H,4-10H2,1-3H3. The smallest absolute Gasteiger partial charge is 0.0192 e. The van der Waals surface area contributed by atoms with Crippen molar-refractivity contribution < 1.29 is 0 Å². The molecule has 0 aromatic rings. The summed E-state index contributed by atoms with van der Waals surface area (Å²) in [5, 5.41) is 3.44. The fourth-order valence-electron chi connectivity index (χ4n) is 3.28. The van der Waals surface area contributed by atoms with Crippen LogP contribution in [0.5, 0.6) is 0 Å². The third kappa shape index (κ3) is 2.73. The quantitative estimate of drug-likeness (QED) is 0.752. The highest BCUT2D eigenvalue weighted by Crippen LogP contribution is 2.39. The molecule has 15 heavy (non-hydrogen) atoms. The lowest BCUT2D eigenvalue weighted by molar-refractivity contribution is 0.134. The highest BCUT2D eigenvalue weighted by molar-refractivity contribution is 4.90. The van der Waals surface area contributed by atoms with Gasteiger partial charge in [0.05, 0.1) is 0 Å². The van der Waals surface area contributed by atoms with Gasteiger partial charge in [-0.2, -0.15) is 0 Å². The molecule has 1 heterocycles. The minimum absolute atomic E-state index is 0.594. The van der Waals surface area contributed by atoms with Gasteiger partial charge in [0.15, 0.2) is 0 Å². The first kappa shape index (κ1) is 11.4. The first-order valence-electron chi connectivity index (χ1n) is 6.52. The predicted molar refractivity (Wildman–Crippen MR) is 65.1 cm³/mol. The van der Waals surface area contributed by atoms with Crippen molar-refractivity contribution in [3.63, 3.8) is 0 Å². The van der Waals surface area contributed by atoms with E-state index in [1.165, 1.54) is 45.2 Å². The lowest BCUT2D eigenvalue weighted by atomic mass is 9.91. The van der Waals surface area contributed by atoms with Gasteiger partial charge in [-0.05, 0) is 51.1 Å². The van der Waals surface area contributed by atoms with Gasteiger partial charge >= 0.3 is 0 Å². The lowest BCUT2D eigenvalue weighted by Gasteiger charge is -2.37. The van der Waals surface area contributed by atoms with Crippen LogP contribution in [0.25, 0.3) is 0 Å². The topological polar surface area (TPSA) is 15.3 Å². The van der Waals surface area contributed by atoms with Crippen LogP contribution in [0.2, 0.25) is 0 Å². The summed E-state index contributed by atoms with van der Waals surface area (Å²) < 4.78 is 0. The zero-order valence-electron chi connectivity index (χ0n) is 10.6. The van der Waals surface area contributed by atoms with Gasteiger partial charge in [-0.1, -0.05) is 13.8 Å². The molecule has 2 aliphatic rings. The van der Waals surface area contributed by atoms with E-state index in [0.29, 0.717) is 5.41 Å². The second-order valence-electron chi connectivity index (χ2n) is 6.18. The molecule has 2 rings (SSSR count). The molecule has 0 amide bonds. The van der Waals surface area contributed by atoms with Crippen molar-refractivity contribution in [3.8, 4) is 0 Å². The molecule has 2 atom stereocenters. The number of nitrogens with zero attached hydrogens (tertiary/aromatic N) is 1. The SMILES string of the molecule is CNC1CCCN(C2CCC(C)(C)C2)C1. The molecule has 2 heteroatoms. The van der Waals surface area contributed by atoms with E-state index < -0.39 is 0 Å². The summed E-state index contributed by atoms with van der Waals surface area (Å²) >= 11 is 0. The lowest BCUT2D eigenvalue weighted by Crippen LogP contribution is -2.48. The van der Waals surface area contributed by atoms with Gasteiger partial charge in [0, 0.05) is 18.6 Å². The van der Waals surface area contributed by atoms with Crippen LogP contribution in [0.3, 0.4) is 0 Å². The van der Waals surface area contributed by atoms with Gasteiger partial charge in [-0.15, -0.1) is 0 Å². The number of hydrogen-bond acceptors (Lipinski definition) is 2. The van der Waals surface area contributed by atoms with Crippen LogP contribution in [-0.4, -0.2) is 37.1 Å². The molecule has 2 unspecified atom stereocenters. The molecule has 2 fully saturated rings. The molecule has 1 N–H and O–H groups in total. The molecule has 1 aliphatic heterocycles. The molecule has 0 bridgehead atoms. The average Bonchev–Trinajstić information content (AvgIpc) is 2.59. The van der Waals surface area contributed by atoms with Gasteiger partial charge in [0.25, 0.3) is 0 Å². The summed E-state index contributed by atoms with van der Waals surface area (Å²) in [6, 6.07) is 1.61. The second kappa shape index (κ2) is 4.42. The van der Waals surface area contributed by atoms with E-state index >= 15 is 0 Å². The van der Waals surface area contributed by atoms with Crippen LogP contribution >= 0.6 is 0 Å². The maximum atomic E-state index is 3.44. The fourth-order valence-corrected chi connectivity index (χ4v) is 3.28. The van der Waals surface area contributed by atoms with Crippen molar-refractivity contribution in [1.29, 1.82) is 0 Å². The van der Waals surface area contributed by atoms with E-state index in [9.17, 15) is 0 Å². The summed E-state index contributed by atoms with van der Waals surface area (Å²) in [7, 11) is 2.10. The number of nitrogens with one attached hydrogen (secondary N) is 1. The molecule has 2 nitrogen and oxygen atoms in total. The Morgan fingerprint density at radius 2 is 2.07 bits per heavy atom. The number of hydrogen-bond donors (Lipinski definition) is 1. The molecule has 1 aliphatic carbocycles. The van der Waals surface area contributed by atoms with Crippen LogP contribution in [0, 0.1) is 5.41 Å². The van der Waals surface area contributed by atoms with Crippen molar-refractivity contribution in [2.75, 3.05) is 20.1 Å². The van der Waals surface area contributed by atoms with Crippen molar-refractivity contribution >= 4 is 0 Å². The van der Waals surface area contributed by atoms with Crippen LogP contribution < -0.4 is 5.32 Å². The van der Waals surface area contributed by atoms with E-state index in [2.05, 4.69) is 31.1 Å². The molecule has 88 valence electrons. The van der Waals surface area contributed by atoms with Crippen molar-refractivity contribution in [3.05, 3.63) is 0 Å². The Balaban J connectivity index is 1.88. The Kier molecular flexibility index (Phi) is 3.36. The highest BCUT2D eigenvalue weighted by atomic mass is 15.2. The molecule has 0 radical (unpaired) electrons. The van der Waals surface area contributed by atoms with E-state index in [0.717, 1.165) is 12.1 Å². The van der Waals surface area contributed by atoms with Crippen molar-refractivity contribution in [2.45, 2.75) is 58.0 Å². The Bertz CT molecular complexity index is 213. The maximum absolute atomic E-state index is 3.44. The molecule has 0 aromatic carbocycles. The average molecular weight is 210 g/mol. The van der Waals surface area contributed by atoms with Crippen LogP contribution in [0.15, 0.2) is 0 Å². The number of likely N-dealkylation sites (N-methyl/N-ethyl adjacent to an activating group) is 1. The monoisotopic (exact) mass is 210 g/mol. The van der Waals surface area contributed by atoms with Gasteiger partial charge in [0.1, 0.15) is 0 Å². The third-order valence-electron chi connectivity index (χ3n) is 4.32. The van der Waals surface area contributed by atoms with E-state index in [4.69, 9.17) is 0 Å². The Morgan fingerprint density at radius 3 is 2.67 bits per heavy atom. The zero-order valence-corrected chi connectivity index (χ0v) is 10.6. The molecular formula is C13H26N2. The summed E-state index contributed by atoms with van der Waals surface area (Å²) in [4.78, 5) is 2.74. The van der Waals surface area contributed by atoms with Crippen LogP contribution in [0.1, 0.15) is 46.0 Å². The predicted octanol–water partition coefficient (Wildman–Crippen LogP) is 2.25. The number of likely N-dealkylation sites (tertiary alicyclic amines) is 1. The van der Waals surface area contributed by atoms with Gasteiger partial charge < -0.3 is 5.32 Å². The molecular weight excluding hydrogens is 184 g/mol. The minimum Gasteiger partial charge on any atom is -0.316 e. The minimum atomic E-state index is 0.594. The van der Waals surface area contributed by atoms with E-state index in [-0.39, 0.29) is 0 Å². The number of rotatable bonds is 2. The largest absolute Gasteiger partial charge is 0.316 e. The molecule has 0 spiro atoms. The summed E-state index contributed by atoms with van der Waals surface area (Å²) in [5.74, 6) is 0. The zero-order chi connectivity index (χ0) is 10.9. The molecule has 1 saturated heterocycles. The first-order valence-corrected chi connectivity index (χ1v) is 6.52. The van der Waals surface area contributed by atoms with E-state index in [1.54, 1.807) is 0 Å². The highest BCUT2D eigenvalue weighted by Gasteiger charge is 2.35. The fraction of sp³-hybridized carbons (Fsp3) is 1.00. The molecule has 0 aromatic heterocycles. The summed E-state index contributed by atoms with van der Waals surface area (Å²) in [6.07, 6.45) is 6.98. The number of piperidine rings is 1. The maximum Gasteiger partial charge on any atom is 0.0192 e. The summed E-state index contributed by atoms with van der Waals surface area (Å²) in [5.41, 5.74) is 0.594. The third-order valence-corrected chi connectivity index (χ3v) is 4.32. The van der Waals surface area contributed by atoms with Gasteiger partial charge in [-0.3, -0.25) is 4.90 Å². The van der Waals surface area contributed by atoms with Crippen molar-refractivity contribution in [1.82, 2.24) is 10.2 Å². The van der Waals surface area contributed by atoms with E-state index in [1.807, 2.05) is 0 Å². The molecule has 1 saturated carbocycles. The first-order chi connectivity index (χ1) is 7.11. The van der Waals surface area contributed by atoms with Crippen LogP contribution in [-0.2, 0) is 0 Å².